The van der Waals surface area contributed by atoms with Crippen LogP contribution in [0.15, 0.2) is 48.5 Å². The summed E-state index contributed by atoms with van der Waals surface area (Å²) in [4.78, 5) is 50.7. The summed E-state index contributed by atoms with van der Waals surface area (Å²) in [6.07, 6.45) is 16.4. The average molecular weight is 750 g/mol. The highest BCUT2D eigenvalue weighted by atomic mass is 16.6. The highest BCUT2D eigenvalue weighted by Crippen LogP contribution is 2.44. The van der Waals surface area contributed by atoms with Crippen molar-refractivity contribution in [2.75, 3.05) is 32.9 Å². The number of unbranched alkanes of at least 4 members (excludes halogenated alkanes) is 12. The number of rotatable bonds is 27. The van der Waals surface area contributed by atoms with E-state index in [1.807, 2.05) is 36.4 Å². The van der Waals surface area contributed by atoms with Crippen molar-refractivity contribution < 1.29 is 33.4 Å². The lowest BCUT2D eigenvalue weighted by Crippen LogP contribution is -2.45. The van der Waals surface area contributed by atoms with Gasteiger partial charge in [0, 0.05) is 31.8 Å². The smallest absolute Gasteiger partial charge is 0.407 e. The molecule has 1 atom stereocenters. The van der Waals surface area contributed by atoms with E-state index in [-0.39, 0.29) is 50.3 Å². The zero-order valence-electron chi connectivity index (χ0n) is 33.5. The Bertz CT molecular complexity index is 1380. The third-order valence-electron chi connectivity index (χ3n) is 9.63. The number of hydrogen-bond donors (Lipinski definition) is 3. The lowest BCUT2D eigenvalue weighted by molar-refractivity contribution is -0.157. The van der Waals surface area contributed by atoms with Crippen molar-refractivity contribution in [2.45, 2.75) is 148 Å². The predicted molar refractivity (Wildman–Crippen MR) is 214 cm³/mol. The van der Waals surface area contributed by atoms with Gasteiger partial charge in [-0.25, -0.2) is 9.59 Å². The van der Waals surface area contributed by atoms with Crippen LogP contribution in [0.3, 0.4) is 0 Å². The first-order valence-corrected chi connectivity index (χ1v) is 20.5. The van der Waals surface area contributed by atoms with Gasteiger partial charge in [-0.2, -0.15) is 0 Å². The number of carbonyl (C=O) groups excluding carboxylic acids is 4. The molecule has 0 unspecified atom stereocenters. The molecule has 300 valence electrons. The molecule has 0 heterocycles. The molecule has 1 aliphatic carbocycles. The number of ether oxygens (including phenoxy) is 3. The van der Waals surface area contributed by atoms with Crippen molar-refractivity contribution in [3.63, 3.8) is 0 Å². The van der Waals surface area contributed by atoms with Gasteiger partial charge in [-0.3, -0.25) is 9.59 Å². The molecule has 0 saturated carbocycles. The lowest BCUT2D eigenvalue weighted by Gasteiger charge is -2.24. The van der Waals surface area contributed by atoms with Gasteiger partial charge in [0.1, 0.15) is 18.2 Å². The maximum absolute atomic E-state index is 13.0. The number of esters is 1. The molecule has 0 saturated heterocycles. The van der Waals surface area contributed by atoms with E-state index in [0.717, 1.165) is 35.1 Å². The third kappa shape index (κ3) is 17.5. The maximum atomic E-state index is 13.0. The summed E-state index contributed by atoms with van der Waals surface area (Å²) < 4.78 is 16.7. The lowest BCUT2D eigenvalue weighted by atomic mass is 9.98. The van der Waals surface area contributed by atoms with Gasteiger partial charge >= 0.3 is 12.1 Å². The van der Waals surface area contributed by atoms with Gasteiger partial charge in [-0.05, 0) is 55.9 Å². The Morgan fingerprint density at radius 3 is 1.67 bits per heavy atom. The molecule has 0 fully saturated rings. The van der Waals surface area contributed by atoms with Crippen LogP contribution in [0, 0.1) is 0 Å². The Balaban J connectivity index is 1.25. The van der Waals surface area contributed by atoms with Crippen molar-refractivity contribution >= 4 is 23.9 Å². The number of benzene rings is 2. The summed E-state index contributed by atoms with van der Waals surface area (Å²) in [5, 5.41) is 8.30. The maximum Gasteiger partial charge on any atom is 0.407 e. The Hall–Kier alpha value is -3.92. The van der Waals surface area contributed by atoms with Crippen LogP contribution in [0.2, 0.25) is 0 Å². The van der Waals surface area contributed by atoms with E-state index in [9.17, 15) is 19.2 Å². The number of nitrogens with one attached hydrogen (secondary N) is 3. The molecule has 0 aromatic heterocycles. The Morgan fingerprint density at radius 1 is 0.667 bits per heavy atom. The molecule has 54 heavy (non-hydrogen) atoms. The summed E-state index contributed by atoms with van der Waals surface area (Å²) in [5.41, 5.74) is 3.63. The monoisotopic (exact) mass is 749 g/mol. The molecule has 2 aromatic carbocycles. The number of amides is 3. The molecule has 3 N–H and O–H groups in total. The van der Waals surface area contributed by atoms with Crippen LogP contribution in [0.4, 0.5) is 4.79 Å². The molecule has 0 bridgehead atoms. The minimum Gasteiger partial charge on any atom is -0.458 e. The molecular weight excluding hydrogens is 682 g/mol. The molecular formula is C44H67N3O7. The van der Waals surface area contributed by atoms with Crippen molar-refractivity contribution in [3.8, 4) is 11.1 Å². The zero-order valence-corrected chi connectivity index (χ0v) is 33.5. The number of carbonyl (C=O) groups is 4. The van der Waals surface area contributed by atoms with E-state index in [2.05, 4.69) is 35.0 Å². The van der Waals surface area contributed by atoms with E-state index in [1.54, 1.807) is 20.8 Å². The second-order valence-corrected chi connectivity index (χ2v) is 15.4. The van der Waals surface area contributed by atoms with Crippen LogP contribution in [0.25, 0.3) is 11.1 Å². The fourth-order valence-corrected chi connectivity index (χ4v) is 6.79. The van der Waals surface area contributed by atoms with Crippen LogP contribution in [-0.2, 0) is 28.6 Å². The third-order valence-corrected chi connectivity index (χ3v) is 9.63. The van der Waals surface area contributed by atoms with Crippen LogP contribution in [0.5, 0.6) is 0 Å². The molecule has 0 radical (unpaired) electrons. The molecule has 1 aliphatic rings. The van der Waals surface area contributed by atoms with Gasteiger partial charge in [-0.15, -0.1) is 0 Å². The molecule has 10 nitrogen and oxygen atoms in total. The van der Waals surface area contributed by atoms with Gasteiger partial charge < -0.3 is 30.2 Å². The summed E-state index contributed by atoms with van der Waals surface area (Å²) >= 11 is 0. The summed E-state index contributed by atoms with van der Waals surface area (Å²) in [7, 11) is 0. The van der Waals surface area contributed by atoms with Crippen molar-refractivity contribution in [3.05, 3.63) is 59.7 Å². The second kappa shape index (κ2) is 25.2. The molecule has 10 heteroatoms. The zero-order chi connectivity index (χ0) is 39.0. The van der Waals surface area contributed by atoms with Gasteiger partial charge in [0.15, 0.2) is 0 Å². The predicted octanol–water partition coefficient (Wildman–Crippen LogP) is 8.75. The number of hydrogen-bond acceptors (Lipinski definition) is 7. The molecule has 0 spiro atoms. The van der Waals surface area contributed by atoms with Crippen LogP contribution >= 0.6 is 0 Å². The van der Waals surface area contributed by atoms with E-state index in [0.29, 0.717) is 19.6 Å². The Labute approximate surface area is 324 Å². The standard InChI is InChI=1S/C44H67N3O7/c1-5-6-7-8-9-10-11-12-13-14-15-16-17-26-40(48)45-29-31-52-32-30-46-41(49)28-27-39(42(50)54-44(2,3)4)47-43(51)53-33-38-36-24-20-18-22-34(36)35-23-19-21-25-37(35)38/h18-25,38-39H,5-17,26-33H2,1-4H3,(H,45,48)(H,46,49)(H,47,51)/t39-/m0/s1. The highest BCUT2D eigenvalue weighted by molar-refractivity contribution is 5.83. The van der Waals surface area contributed by atoms with Crippen molar-refractivity contribution in [1.29, 1.82) is 0 Å². The van der Waals surface area contributed by atoms with Gasteiger partial charge in [-0.1, -0.05) is 133 Å². The van der Waals surface area contributed by atoms with E-state index >= 15 is 0 Å². The summed E-state index contributed by atoms with van der Waals surface area (Å²) in [5.74, 6) is -1.00. The van der Waals surface area contributed by atoms with E-state index in [1.165, 1.54) is 70.6 Å². The van der Waals surface area contributed by atoms with E-state index < -0.39 is 23.7 Å². The molecule has 2 aromatic rings. The molecule has 3 amide bonds. The van der Waals surface area contributed by atoms with Crippen molar-refractivity contribution in [1.82, 2.24) is 16.0 Å². The minimum absolute atomic E-state index is 0.0111. The largest absolute Gasteiger partial charge is 0.458 e. The average Bonchev–Trinajstić information content (AvgIpc) is 3.46. The van der Waals surface area contributed by atoms with Gasteiger partial charge in [0.05, 0.1) is 13.2 Å². The van der Waals surface area contributed by atoms with Crippen LogP contribution in [-0.4, -0.2) is 68.4 Å². The first-order valence-electron chi connectivity index (χ1n) is 20.5. The van der Waals surface area contributed by atoms with Crippen molar-refractivity contribution in [2.24, 2.45) is 0 Å². The fraction of sp³-hybridized carbons (Fsp3) is 0.636. The second-order valence-electron chi connectivity index (χ2n) is 15.4. The minimum atomic E-state index is -1.06. The number of fused-ring (bicyclic) bond motifs is 3. The molecule has 0 aliphatic heterocycles. The van der Waals surface area contributed by atoms with Crippen LogP contribution in [0.1, 0.15) is 147 Å². The normalized spacial score (nSPS) is 12.7. The fourth-order valence-electron chi connectivity index (χ4n) is 6.79. The highest BCUT2D eigenvalue weighted by Gasteiger charge is 2.31. The molecule has 3 rings (SSSR count). The SMILES string of the molecule is CCCCCCCCCCCCCCCC(=O)NCCOCCNC(=O)CC[C@H](NC(=O)OCC1c2ccccc2-c2ccccc21)C(=O)OC(C)(C)C. The topological polar surface area (TPSA) is 132 Å². The Morgan fingerprint density at radius 2 is 1.15 bits per heavy atom. The number of alkyl carbamates (subject to hydrolysis) is 1. The van der Waals surface area contributed by atoms with Gasteiger partial charge in [0.25, 0.3) is 0 Å². The van der Waals surface area contributed by atoms with Crippen LogP contribution < -0.4 is 16.0 Å². The van der Waals surface area contributed by atoms with Gasteiger partial charge in [0.2, 0.25) is 11.8 Å². The first-order chi connectivity index (χ1) is 26.1. The quantitative estimate of drug-likeness (QED) is 0.0615. The summed E-state index contributed by atoms with van der Waals surface area (Å²) in [6.45, 7) is 8.93. The first kappa shape index (κ1) is 44.5. The summed E-state index contributed by atoms with van der Waals surface area (Å²) in [6, 6.07) is 15.0. The Kier molecular flexibility index (Phi) is 20.8. The van der Waals surface area contributed by atoms with E-state index in [4.69, 9.17) is 14.2 Å².